The lowest BCUT2D eigenvalue weighted by Gasteiger charge is -2.13. The Balaban J connectivity index is 2.62. The molecule has 0 fully saturated rings. The molecule has 0 radical (unpaired) electrons. The minimum atomic E-state index is -4.51. The van der Waals surface area contributed by atoms with Crippen molar-refractivity contribution in [1.29, 1.82) is 0 Å². The van der Waals surface area contributed by atoms with Crippen LogP contribution < -0.4 is 5.32 Å². The predicted octanol–water partition coefficient (Wildman–Crippen LogP) is 4.65. The predicted molar refractivity (Wildman–Crippen MR) is 73.5 cm³/mol. The van der Waals surface area contributed by atoms with Crippen LogP contribution in [0.1, 0.15) is 18.1 Å². The second kappa shape index (κ2) is 5.71. The van der Waals surface area contributed by atoms with Gasteiger partial charge in [0.1, 0.15) is 11.6 Å². The first-order valence-corrected chi connectivity index (χ1v) is 6.41. The van der Waals surface area contributed by atoms with Gasteiger partial charge in [-0.25, -0.2) is 9.37 Å². The van der Waals surface area contributed by atoms with E-state index in [9.17, 15) is 17.6 Å². The first kappa shape index (κ1) is 15.3. The zero-order valence-corrected chi connectivity index (χ0v) is 11.6. The van der Waals surface area contributed by atoms with Gasteiger partial charge in [-0.05, 0) is 38.1 Å². The Hall–Kier alpha value is -2.11. The monoisotopic (exact) mass is 298 g/mol. The highest BCUT2D eigenvalue weighted by Gasteiger charge is 2.32. The van der Waals surface area contributed by atoms with Crippen molar-refractivity contribution < 1.29 is 17.6 Å². The van der Waals surface area contributed by atoms with E-state index in [-0.39, 0.29) is 17.1 Å². The number of halogens is 4. The van der Waals surface area contributed by atoms with Gasteiger partial charge in [-0.15, -0.1) is 0 Å². The van der Waals surface area contributed by atoms with Gasteiger partial charge in [0.15, 0.2) is 0 Å². The van der Waals surface area contributed by atoms with E-state index in [1.807, 2.05) is 0 Å². The summed E-state index contributed by atoms with van der Waals surface area (Å²) in [6, 6.07) is 6.03. The third-order valence-electron chi connectivity index (χ3n) is 2.91. The van der Waals surface area contributed by atoms with Gasteiger partial charge in [-0.2, -0.15) is 13.2 Å². The van der Waals surface area contributed by atoms with Gasteiger partial charge in [0.25, 0.3) is 0 Å². The molecule has 1 N–H and O–H groups in total. The van der Waals surface area contributed by atoms with Crippen LogP contribution in [0.4, 0.5) is 23.4 Å². The lowest BCUT2D eigenvalue weighted by molar-refractivity contribution is -0.137. The normalized spacial score (nSPS) is 11.5. The topological polar surface area (TPSA) is 24.9 Å². The number of hydrogen-bond donors (Lipinski definition) is 1. The van der Waals surface area contributed by atoms with Crippen LogP contribution in [0.2, 0.25) is 0 Å². The average molecular weight is 298 g/mol. The molecular weight excluding hydrogens is 284 g/mol. The van der Waals surface area contributed by atoms with Crippen LogP contribution in [-0.2, 0) is 6.18 Å². The van der Waals surface area contributed by atoms with Gasteiger partial charge < -0.3 is 5.32 Å². The molecule has 0 aliphatic rings. The first-order chi connectivity index (χ1) is 9.81. The molecular formula is C15H14F4N2. The Labute approximate surface area is 119 Å². The number of rotatable bonds is 3. The summed E-state index contributed by atoms with van der Waals surface area (Å²) in [4.78, 5) is 4.06. The second-order valence-corrected chi connectivity index (χ2v) is 4.64. The van der Waals surface area contributed by atoms with Gasteiger partial charge >= 0.3 is 6.18 Å². The quantitative estimate of drug-likeness (QED) is 0.835. The van der Waals surface area contributed by atoms with Crippen molar-refractivity contribution in [2.75, 3.05) is 11.9 Å². The maximum absolute atomic E-state index is 13.9. The number of pyridine rings is 1. The number of benzene rings is 1. The van der Waals surface area contributed by atoms with E-state index < -0.39 is 17.6 Å². The van der Waals surface area contributed by atoms with Gasteiger partial charge in [0.2, 0.25) is 0 Å². The van der Waals surface area contributed by atoms with E-state index in [4.69, 9.17) is 0 Å². The summed E-state index contributed by atoms with van der Waals surface area (Å²) in [5, 5.41) is 2.73. The largest absolute Gasteiger partial charge is 0.416 e. The van der Waals surface area contributed by atoms with Gasteiger partial charge in [-0.1, -0.05) is 11.6 Å². The molecule has 0 aliphatic carbocycles. The summed E-state index contributed by atoms with van der Waals surface area (Å²) in [6.45, 7) is 3.90. The summed E-state index contributed by atoms with van der Waals surface area (Å²) in [5.41, 5.74) is -0.0952. The fraction of sp³-hybridized carbons (Fsp3) is 0.267. The Bertz CT molecular complexity index is 651. The SMILES string of the molecule is CCNc1cc(C(F)(F)F)cc(-c2cc(C)ccc2F)n1. The molecule has 0 amide bonds. The smallest absolute Gasteiger partial charge is 0.370 e. The first-order valence-electron chi connectivity index (χ1n) is 6.41. The molecule has 1 aromatic carbocycles. The highest BCUT2D eigenvalue weighted by Crippen LogP contribution is 2.34. The lowest BCUT2D eigenvalue weighted by atomic mass is 10.1. The zero-order chi connectivity index (χ0) is 15.6. The van der Waals surface area contributed by atoms with E-state index in [0.29, 0.717) is 6.54 Å². The highest BCUT2D eigenvalue weighted by molar-refractivity contribution is 5.64. The Morgan fingerprint density at radius 1 is 1.14 bits per heavy atom. The minimum Gasteiger partial charge on any atom is -0.370 e. The molecule has 2 nitrogen and oxygen atoms in total. The molecule has 0 saturated carbocycles. The van der Waals surface area contributed by atoms with Crippen molar-refractivity contribution in [3.05, 3.63) is 47.3 Å². The van der Waals surface area contributed by atoms with Crippen LogP contribution in [0.25, 0.3) is 11.3 Å². The van der Waals surface area contributed by atoms with Crippen molar-refractivity contribution in [2.45, 2.75) is 20.0 Å². The Kier molecular flexibility index (Phi) is 4.16. The fourth-order valence-corrected chi connectivity index (χ4v) is 1.94. The van der Waals surface area contributed by atoms with Crippen LogP contribution in [0.3, 0.4) is 0 Å². The maximum atomic E-state index is 13.9. The highest BCUT2D eigenvalue weighted by atomic mass is 19.4. The van der Waals surface area contributed by atoms with E-state index in [1.54, 1.807) is 19.9 Å². The summed E-state index contributed by atoms with van der Waals surface area (Å²) in [6.07, 6.45) is -4.51. The van der Waals surface area contributed by atoms with Crippen LogP contribution in [-0.4, -0.2) is 11.5 Å². The number of alkyl halides is 3. The number of anilines is 1. The number of hydrogen-bond acceptors (Lipinski definition) is 2. The summed E-state index contributed by atoms with van der Waals surface area (Å²) >= 11 is 0. The summed E-state index contributed by atoms with van der Waals surface area (Å²) in [7, 11) is 0. The van der Waals surface area contributed by atoms with Crippen LogP contribution in [0, 0.1) is 12.7 Å². The Morgan fingerprint density at radius 3 is 2.48 bits per heavy atom. The number of aromatic nitrogens is 1. The maximum Gasteiger partial charge on any atom is 0.416 e. The van der Waals surface area contributed by atoms with Crippen LogP contribution in [0.5, 0.6) is 0 Å². The fourth-order valence-electron chi connectivity index (χ4n) is 1.94. The number of aryl methyl sites for hydroxylation is 1. The molecule has 0 atom stereocenters. The number of nitrogens with one attached hydrogen (secondary N) is 1. The molecule has 0 bridgehead atoms. The average Bonchev–Trinajstić information content (AvgIpc) is 2.40. The van der Waals surface area contributed by atoms with Crippen LogP contribution >= 0.6 is 0 Å². The van der Waals surface area contributed by atoms with E-state index in [2.05, 4.69) is 10.3 Å². The molecule has 6 heteroatoms. The van der Waals surface area contributed by atoms with Gasteiger partial charge in [0, 0.05) is 12.1 Å². The molecule has 21 heavy (non-hydrogen) atoms. The molecule has 2 aromatic rings. The molecule has 1 aromatic heterocycles. The van der Waals surface area contributed by atoms with Crippen LogP contribution in [0.15, 0.2) is 30.3 Å². The van der Waals surface area contributed by atoms with E-state index in [0.717, 1.165) is 17.7 Å². The second-order valence-electron chi connectivity index (χ2n) is 4.64. The molecule has 112 valence electrons. The van der Waals surface area contributed by atoms with E-state index in [1.165, 1.54) is 12.1 Å². The van der Waals surface area contributed by atoms with Crippen molar-refractivity contribution in [2.24, 2.45) is 0 Å². The molecule has 0 unspecified atom stereocenters. The third kappa shape index (κ3) is 3.51. The summed E-state index contributed by atoms with van der Waals surface area (Å²) in [5.74, 6) is -0.530. The molecule has 0 aliphatic heterocycles. The standard InChI is InChI=1S/C15H14F4N2/c1-3-20-14-8-10(15(17,18)19)7-13(21-14)11-6-9(2)4-5-12(11)16/h4-8H,3H2,1-2H3,(H,20,21). The third-order valence-corrected chi connectivity index (χ3v) is 2.91. The van der Waals surface area contributed by atoms with Crippen molar-refractivity contribution in [1.82, 2.24) is 4.98 Å². The number of nitrogens with zero attached hydrogens (tertiary/aromatic N) is 1. The van der Waals surface area contributed by atoms with Gasteiger partial charge in [0.05, 0.1) is 11.3 Å². The van der Waals surface area contributed by atoms with Gasteiger partial charge in [-0.3, -0.25) is 0 Å². The van der Waals surface area contributed by atoms with E-state index >= 15 is 0 Å². The molecule has 1 heterocycles. The molecule has 0 spiro atoms. The van der Waals surface area contributed by atoms with Crippen molar-refractivity contribution in [3.8, 4) is 11.3 Å². The van der Waals surface area contributed by atoms with Crippen molar-refractivity contribution >= 4 is 5.82 Å². The summed E-state index contributed by atoms with van der Waals surface area (Å²) < 4.78 is 52.7. The minimum absolute atomic E-state index is 0.0398. The van der Waals surface area contributed by atoms with Crippen molar-refractivity contribution in [3.63, 3.8) is 0 Å². The lowest BCUT2D eigenvalue weighted by Crippen LogP contribution is -2.09. The molecule has 2 rings (SSSR count). The Morgan fingerprint density at radius 2 is 1.86 bits per heavy atom. The molecule has 0 saturated heterocycles. The zero-order valence-electron chi connectivity index (χ0n) is 11.6.